The van der Waals surface area contributed by atoms with E-state index < -0.39 is 0 Å². The normalized spacial score (nSPS) is 10.6. The maximum absolute atomic E-state index is 12.0. The van der Waals surface area contributed by atoms with Crippen molar-refractivity contribution in [2.24, 2.45) is 0 Å². The zero-order valence-electron chi connectivity index (χ0n) is 13.5. The Morgan fingerprint density at radius 2 is 1.82 bits per heavy atom. The second-order valence-electron chi connectivity index (χ2n) is 5.80. The summed E-state index contributed by atoms with van der Waals surface area (Å²) >= 11 is 0. The molecule has 22 heavy (non-hydrogen) atoms. The van der Waals surface area contributed by atoms with Crippen molar-refractivity contribution in [1.29, 1.82) is 0 Å². The van der Waals surface area contributed by atoms with Crippen LogP contribution in [0.2, 0.25) is 0 Å². The lowest BCUT2D eigenvalue weighted by Crippen LogP contribution is -2.30. The molecule has 0 saturated heterocycles. The number of amides is 1. The SMILES string of the molecule is Cc1cccc(Nc2ccc(C(=O)NC(C)C)cc2N)c1C. The van der Waals surface area contributed by atoms with Crippen molar-refractivity contribution in [3.8, 4) is 0 Å². The standard InChI is InChI=1S/C18H23N3O/c1-11(2)20-18(22)14-8-9-17(15(19)10-14)21-16-7-5-6-12(3)13(16)4/h5-11,21H,19H2,1-4H3,(H,20,22). The van der Waals surface area contributed by atoms with Crippen molar-refractivity contribution in [2.45, 2.75) is 33.7 Å². The van der Waals surface area contributed by atoms with Crippen LogP contribution in [0.3, 0.4) is 0 Å². The Morgan fingerprint density at radius 1 is 1.09 bits per heavy atom. The maximum Gasteiger partial charge on any atom is 0.251 e. The van der Waals surface area contributed by atoms with Gasteiger partial charge in [-0.15, -0.1) is 0 Å². The summed E-state index contributed by atoms with van der Waals surface area (Å²) in [5.74, 6) is -0.111. The minimum absolute atomic E-state index is 0.0986. The molecule has 2 aromatic rings. The van der Waals surface area contributed by atoms with Crippen LogP contribution in [0.4, 0.5) is 17.1 Å². The molecule has 2 rings (SSSR count). The van der Waals surface area contributed by atoms with Crippen LogP contribution in [-0.2, 0) is 0 Å². The first kappa shape index (κ1) is 15.9. The van der Waals surface area contributed by atoms with Gasteiger partial charge in [-0.1, -0.05) is 12.1 Å². The predicted octanol–water partition coefficient (Wildman–Crippen LogP) is 3.77. The lowest BCUT2D eigenvalue weighted by Gasteiger charge is -2.14. The number of anilines is 3. The minimum atomic E-state index is -0.111. The second-order valence-corrected chi connectivity index (χ2v) is 5.80. The molecule has 0 aliphatic rings. The molecule has 0 aliphatic heterocycles. The fraction of sp³-hybridized carbons (Fsp3) is 0.278. The summed E-state index contributed by atoms with van der Waals surface area (Å²) in [7, 11) is 0. The van der Waals surface area contributed by atoms with E-state index in [1.807, 2.05) is 32.0 Å². The Hall–Kier alpha value is -2.49. The molecule has 0 heterocycles. The van der Waals surface area contributed by atoms with Crippen molar-refractivity contribution in [1.82, 2.24) is 5.32 Å². The van der Waals surface area contributed by atoms with Gasteiger partial charge in [-0.25, -0.2) is 0 Å². The molecule has 0 aliphatic carbocycles. The third-order valence-electron chi connectivity index (χ3n) is 3.61. The molecule has 0 radical (unpaired) electrons. The Balaban J connectivity index is 2.23. The molecule has 0 fully saturated rings. The summed E-state index contributed by atoms with van der Waals surface area (Å²) in [6.45, 7) is 8.00. The first-order valence-corrected chi connectivity index (χ1v) is 7.42. The number of carbonyl (C=O) groups excluding carboxylic acids is 1. The zero-order valence-corrected chi connectivity index (χ0v) is 13.5. The van der Waals surface area contributed by atoms with Crippen molar-refractivity contribution in [3.63, 3.8) is 0 Å². The minimum Gasteiger partial charge on any atom is -0.397 e. The Labute approximate surface area is 131 Å². The van der Waals surface area contributed by atoms with Gasteiger partial charge in [0.25, 0.3) is 5.91 Å². The number of aryl methyl sites for hydroxylation is 1. The van der Waals surface area contributed by atoms with Crippen molar-refractivity contribution in [2.75, 3.05) is 11.1 Å². The molecule has 0 unspecified atom stereocenters. The third-order valence-corrected chi connectivity index (χ3v) is 3.61. The fourth-order valence-corrected chi connectivity index (χ4v) is 2.19. The summed E-state index contributed by atoms with van der Waals surface area (Å²) in [6.07, 6.45) is 0. The smallest absolute Gasteiger partial charge is 0.251 e. The maximum atomic E-state index is 12.0. The highest BCUT2D eigenvalue weighted by Gasteiger charge is 2.10. The Bertz CT molecular complexity index is 693. The van der Waals surface area contributed by atoms with E-state index in [0.29, 0.717) is 11.3 Å². The number of nitrogens with two attached hydrogens (primary N) is 1. The topological polar surface area (TPSA) is 67.2 Å². The fourth-order valence-electron chi connectivity index (χ4n) is 2.19. The quantitative estimate of drug-likeness (QED) is 0.753. The van der Waals surface area contributed by atoms with Crippen LogP contribution in [0.1, 0.15) is 35.3 Å². The molecule has 0 bridgehead atoms. The van der Waals surface area contributed by atoms with Gasteiger partial charge < -0.3 is 16.4 Å². The van der Waals surface area contributed by atoms with E-state index in [1.165, 1.54) is 11.1 Å². The predicted molar refractivity (Wildman–Crippen MR) is 92.7 cm³/mol. The first-order valence-electron chi connectivity index (χ1n) is 7.42. The monoisotopic (exact) mass is 297 g/mol. The number of hydrogen-bond acceptors (Lipinski definition) is 3. The van der Waals surface area contributed by atoms with Crippen LogP contribution in [-0.4, -0.2) is 11.9 Å². The number of benzene rings is 2. The molecular formula is C18H23N3O. The summed E-state index contributed by atoms with van der Waals surface area (Å²) in [5.41, 5.74) is 11.4. The highest BCUT2D eigenvalue weighted by Crippen LogP contribution is 2.27. The summed E-state index contributed by atoms with van der Waals surface area (Å²) in [4.78, 5) is 12.0. The van der Waals surface area contributed by atoms with Gasteiger partial charge in [0.05, 0.1) is 11.4 Å². The average Bonchev–Trinajstić information content (AvgIpc) is 2.45. The first-order chi connectivity index (χ1) is 10.4. The van der Waals surface area contributed by atoms with E-state index in [2.05, 4.69) is 30.5 Å². The summed E-state index contributed by atoms with van der Waals surface area (Å²) in [5, 5.41) is 6.19. The van der Waals surface area contributed by atoms with Gasteiger partial charge in [0, 0.05) is 17.3 Å². The van der Waals surface area contributed by atoms with E-state index >= 15 is 0 Å². The number of nitrogen functional groups attached to an aromatic ring is 1. The van der Waals surface area contributed by atoms with E-state index in [4.69, 9.17) is 5.73 Å². The van der Waals surface area contributed by atoms with Gasteiger partial charge in [-0.3, -0.25) is 4.79 Å². The highest BCUT2D eigenvalue weighted by molar-refractivity contribution is 5.96. The Morgan fingerprint density at radius 3 is 2.45 bits per heavy atom. The number of nitrogens with one attached hydrogen (secondary N) is 2. The summed E-state index contributed by atoms with van der Waals surface area (Å²) in [6, 6.07) is 11.5. The van der Waals surface area contributed by atoms with Gasteiger partial charge in [0.15, 0.2) is 0 Å². The second kappa shape index (κ2) is 6.52. The van der Waals surface area contributed by atoms with Crippen LogP contribution in [0.5, 0.6) is 0 Å². The molecule has 0 aromatic heterocycles. The average molecular weight is 297 g/mol. The molecule has 4 N–H and O–H groups in total. The zero-order chi connectivity index (χ0) is 16.3. The molecule has 4 heteroatoms. The molecule has 116 valence electrons. The van der Waals surface area contributed by atoms with E-state index in [1.54, 1.807) is 12.1 Å². The van der Waals surface area contributed by atoms with Crippen LogP contribution in [0, 0.1) is 13.8 Å². The van der Waals surface area contributed by atoms with Gasteiger partial charge >= 0.3 is 0 Å². The van der Waals surface area contributed by atoms with Crippen molar-refractivity contribution >= 4 is 23.0 Å². The Kier molecular flexibility index (Phi) is 4.71. The highest BCUT2D eigenvalue weighted by atomic mass is 16.1. The largest absolute Gasteiger partial charge is 0.397 e. The van der Waals surface area contributed by atoms with Gasteiger partial charge in [0.2, 0.25) is 0 Å². The van der Waals surface area contributed by atoms with Crippen molar-refractivity contribution in [3.05, 3.63) is 53.1 Å². The van der Waals surface area contributed by atoms with E-state index in [-0.39, 0.29) is 11.9 Å². The molecular weight excluding hydrogens is 274 g/mol. The summed E-state index contributed by atoms with van der Waals surface area (Å²) < 4.78 is 0. The van der Waals surface area contributed by atoms with Gasteiger partial charge in [-0.2, -0.15) is 0 Å². The van der Waals surface area contributed by atoms with Gasteiger partial charge in [-0.05, 0) is 63.1 Å². The van der Waals surface area contributed by atoms with E-state index in [0.717, 1.165) is 11.4 Å². The number of rotatable bonds is 4. The van der Waals surface area contributed by atoms with E-state index in [9.17, 15) is 4.79 Å². The molecule has 0 atom stereocenters. The molecule has 0 spiro atoms. The van der Waals surface area contributed by atoms with Crippen LogP contribution >= 0.6 is 0 Å². The molecule has 2 aromatic carbocycles. The van der Waals surface area contributed by atoms with Crippen LogP contribution < -0.4 is 16.4 Å². The third kappa shape index (κ3) is 3.58. The van der Waals surface area contributed by atoms with Gasteiger partial charge in [0.1, 0.15) is 0 Å². The molecule has 0 saturated carbocycles. The van der Waals surface area contributed by atoms with Crippen LogP contribution in [0.15, 0.2) is 36.4 Å². The lowest BCUT2D eigenvalue weighted by molar-refractivity contribution is 0.0943. The van der Waals surface area contributed by atoms with Crippen molar-refractivity contribution < 1.29 is 4.79 Å². The number of carbonyl (C=O) groups is 1. The van der Waals surface area contributed by atoms with Crippen LogP contribution in [0.25, 0.3) is 0 Å². The lowest BCUT2D eigenvalue weighted by atomic mass is 10.1. The molecule has 1 amide bonds. The molecule has 4 nitrogen and oxygen atoms in total. The number of hydrogen-bond donors (Lipinski definition) is 3.